The molecule has 34 heavy (non-hydrogen) atoms. The molecule has 2 aliphatic rings. The molecule has 0 aromatic heterocycles. The van der Waals surface area contributed by atoms with Gasteiger partial charge in [0.1, 0.15) is 12.6 Å². The molecule has 0 saturated heterocycles. The monoisotopic (exact) mass is 464 g/mol. The van der Waals surface area contributed by atoms with Gasteiger partial charge in [-0.2, -0.15) is 0 Å². The molecule has 2 aromatic carbocycles. The van der Waals surface area contributed by atoms with Gasteiger partial charge in [-0.3, -0.25) is 4.79 Å². The zero-order valence-corrected chi connectivity index (χ0v) is 18.6. The van der Waals surface area contributed by atoms with Gasteiger partial charge in [-0.25, -0.2) is 9.59 Å². The number of amides is 2. The average Bonchev–Trinajstić information content (AvgIpc) is 3.16. The van der Waals surface area contributed by atoms with Crippen molar-refractivity contribution in [1.82, 2.24) is 10.6 Å². The number of aliphatic hydroxyl groups excluding tert-OH is 1. The number of benzene rings is 2. The highest BCUT2D eigenvalue weighted by atomic mass is 16.5. The molecule has 0 spiro atoms. The molecule has 2 aromatic rings. The van der Waals surface area contributed by atoms with Crippen LogP contribution in [-0.4, -0.2) is 53.5 Å². The molecule has 0 fully saturated rings. The summed E-state index contributed by atoms with van der Waals surface area (Å²) >= 11 is 0. The number of rotatable bonds is 8. The molecule has 2 amide bonds. The van der Waals surface area contributed by atoms with Crippen LogP contribution in [0.4, 0.5) is 4.79 Å². The van der Waals surface area contributed by atoms with Crippen molar-refractivity contribution in [2.45, 2.75) is 37.3 Å². The number of hydrogen-bond acceptors (Lipinski definition) is 5. The number of carboxylic acid groups (broad SMARTS) is 1. The Labute approximate surface area is 197 Å². The van der Waals surface area contributed by atoms with Crippen LogP contribution in [-0.2, 0) is 14.3 Å². The number of carboxylic acids is 1. The van der Waals surface area contributed by atoms with Crippen LogP contribution in [0.15, 0.2) is 60.7 Å². The van der Waals surface area contributed by atoms with Crippen LogP contribution in [0.1, 0.15) is 36.3 Å². The largest absolute Gasteiger partial charge is 0.480 e. The van der Waals surface area contributed by atoms with E-state index in [-0.39, 0.29) is 25.6 Å². The lowest BCUT2D eigenvalue weighted by Crippen LogP contribution is -2.46. The minimum Gasteiger partial charge on any atom is -0.480 e. The van der Waals surface area contributed by atoms with Gasteiger partial charge in [-0.1, -0.05) is 60.7 Å². The zero-order chi connectivity index (χ0) is 24.1. The molecule has 0 radical (unpaired) electrons. The van der Waals surface area contributed by atoms with Gasteiger partial charge in [-0.15, -0.1) is 0 Å². The molecule has 4 N–H and O–H groups in total. The van der Waals surface area contributed by atoms with E-state index in [9.17, 15) is 19.5 Å². The Bertz CT molecular complexity index is 1050. The van der Waals surface area contributed by atoms with E-state index in [1.54, 1.807) is 6.08 Å². The molecule has 178 valence electrons. The van der Waals surface area contributed by atoms with Crippen molar-refractivity contribution in [3.05, 3.63) is 71.8 Å². The molecular weight excluding hydrogens is 436 g/mol. The van der Waals surface area contributed by atoms with Gasteiger partial charge in [0, 0.05) is 24.9 Å². The van der Waals surface area contributed by atoms with Gasteiger partial charge in [-0.05, 0) is 35.1 Å². The topological polar surface area (TPSA) is 125 Å². The van der Waals surface area contributed by atoms with Gasteiger partial charge < -0.3 is 25.6 Å². The fourth-order valence-electron chi connectivity index (χ4n) is 4.68. The highest BCUT2D eigenvalue weighted by Gasteiger charge is 2.31. The summed E-state index contributed by atoms with van der Waals surface area (Å²) in [5.74, 6) is -2.13. The summed E-state index contributed by atoms with van der Waals surface area (Å²) in [5.41, 5.74) is 4.55. The first kappa shape index (κ1) is 23.5. The van der Waals surface area contributed by atoms with Crippen LogP contribution in [0, 0.1) is 5.92 Å². The van der Waals surface area contributed by atoms with Crippen molar-refractivity contribution < 1.29 is 29.3 Å². The Kier molecular flexibility index (Phi) is 7.27. The second-order valence-corrected chi connectivity index (χ2v) is 8.58. The van der Waals surface area contributed by atoms with Crippen molar-refractivity contribution in [3.63, 3.8) is 0 Å². The maximum Gasteiger partial charge on any atom is 0.407 e. The maximum absolute atomic E-state index is 12.5. The summed E-state index contributed by atoms with van der Waals surface area (Å²) in [4.78, 5) is 36.3. The fraction of sp³-hybridized carbons (Fsp3) is 0.346. The normalized spacial score (nSPS) is 19.6. The van der Waals surface area contributed by atoms with Crippen molar-refractivity contribution >= 4 is 18.0 Å². The standard InChI is InChI=1S/C26H28N2O6/c29-13-12-23(25(31)32)28-24(30)16-6-5-7-17(14-16)27-26(33)34-15-22-20-10-3-1-8-18(20)19-9-2-4-11-21(19)22/h1-5,7-11,16-17,22-23,29H,6,12-15H2,(H,27,33)(H,28,30)(H,31,32)/t16?,17?,23-/m0/s1. The lowest BCUT2D eigenvalue weighted by molar-refractivity contribution is -0.143. The van der Waals surface area contributed by atoms with Crippen LogP contribution in [0.5, 0.6) is 0 Å². The second-order valence-electron chi connectivity index (χ2n) is 8.58. The third kappa shape index (κ3) is 5.12. The number of allylic oxidation sites excluding steroid dienone is 1. The van der Waals surface area contributed by atoms with Gasteiger partial charge in [0.05, 0.1) is 6.04 Å². The van der Waals surface area contributed by atoms with E-state index >= 15 is 0 Å². The van der Waals surface area contributed by atoms with Gasteiger partial charge in [0.2, 0.25) is 5.91 Å². The van der Waals surface area contributed by atoms with Gasteiger partial charge in [0.15, 0.2) is 0 Å². The first-order valence-corrected chi connectivity index (χ1v) is 11.4. The summed E-state index contributed by atoms with van der Waals surface area (Å²) in [7, 11) is 0. The molecule has 8 nitrogen and oxygen atoms in total. The molecule has 4 rings (SSSR count). The fourth-order valence-corrected chi connectivity index (χ4v) is 4.68. The third-order valence-electron chi connectivity index (χ3n) is 6.38. The Balaban J connectivity index is 1.32. The van der Waals surface area contributed by atoms with Crippen LogP contribution in [0.25, 0.3) is 11.1 Å². The minimum atomic E-state index is -1.19. The van der Waals surface area contributed by atoms with Crippen molar-refractivity contribution in [2.24, 2.45) is 5.92 Å². The van der Waals surface area contributed by atoms with E-state index in [2.05, 4.69) is 34.9 Å². The minimum absolute atomic E-state index is 0.0435. The first-order valence-electron chi connectivity index (χ1n) is 11.4. The Morgan fingerprint density at radius 2 is 1.68 bits per heavy atom. The third-order valence-corrected chi connectivity index (χ3v) is 6.38. The van der Waals surface area contributed by atoms with E-state index in [0.29, 0.717) is 12.8 Å². The highest BCUT2D eigenvalue weighted by molar-refractivity contribution is 5.85. The SMILES string of the molecule is O=C(NC1C=CCC(C(=O)N[C@@H](CCO)C(=O)O)C1)OCC1c2ccccc2-c2ccccc21. The lowest BCUT2D eigenvalue weighted by Gasteiger charge is -2.26. The summed E-state index contributed by atoms with van der Waals surface area (Å²) in [5, 5.41) is 23.4. The van der Waals surface area contributed by atoms with E-state index in [1.807, 2.05) is 30.3 Å². The molecule has 0 saturated carbocycles. The van der Waals surface area contributed by atoms with E-state index in [1.165, 1.54) is 0 Å². The number of carbonyl (C=O) groups excluding carboxylic acids is 2. The predicted octanol–water partition coefficient (Wildman–Crippen LogP) is 2.81. The Hall–Kier alpha value is -3.65. The predicted molar refractivity (Wildman–Crippen MR) is 125 cm³/mol. The molecule has 8 heteroatoms. The Morgan fingerprint density at radius 3 is 2.29 bits per heavy atom. The number of aliphatic hydroxyl groups is 1. The van der Waals surface area contributed by atoms with Gasteiger partial charge in [0.25, 0.3) is 0 Å². The second kappa shape index (κ2) is 10.5. The molecule has 2 unspecified atom stereocenters. The van der Waals surface area contributed by atoms with Crippen LogP contribution >= 0.6 is 0 Å². The van der Waals surface area contributed by atoms with Crippen molar-refractivity contribution in [2.75, 3.05) is 13.2 Å². The number of carbonyl (C=O) groups is 3. The quantitative estimate of drug-likeness (QED) is 0.445. The summed E-state index contributed by atoms with van der Waals surface area (Å²) in [6.45, 7) is -0.143. The van der Waals surface area contributed by atoms with E-state index in [0.717, 1.165) is 22.3 Å². The molecular formula is C26H28N2O6. The number of nitrogens with one attached hydrogen (secondary N) is 2. The highest BCUT2D eigenvalue weighted by Crippen LogP contribution is 2.44. The van der Waals surface area contributed by atoms with Crippen molar-refractivity contribution in [1.29, 1.82) is 0 Å². The number of aliphatic carboxylic acids is 1. The van der Waals surface area contributed by atoms with E-state index < -0.39 is 36.0 Å². The molecule has 0 bridgehead atoms. The molecule has 0 aliphatic heterocycles. The molecule has 3 atom stereocenters. The summed E-state index contributed by atoms with van der Waals surface area (Å²) in [6.07, 6.45) is 3.75. The van der Waals surface area contributed by atoms with Crippen molar-refractivity contribution in [3.8, 4) is 11.1 Å². The van der Waals surface area contributed by atoms with Crippen LogP contribution in [0.3, 0.4) is 0 Å². The van der Waals surface area contributed by atoms with Gasteiger partial charge >= 0.3 is 12.1 Å². The van der Waals surface area contributed by atoms with Crippen LogP contribution < -0.4 is 10.6 Å². The molecule has 2 aliphatic carbocycles. The molecule has 0 heterocycles. The Morgan fingerprint density at radius 1 is 1.03 bits per heavy atom. The average molecular weight is 465 g/mol. The maximum atomic E-state index is 12.5. The lowest BCUT2D eigenvalue weighted by atomic mass is 9.90. The smallest absolute Gasteiger partial charge is 0.407 e. The summed E-state index contributed by atoms with van der Waals surface area (Å²) in [6, 6.07) is 14.6. The number of alkyl carbamates (subject to hydrolysis) is 1. The number of ether oxygens (including phenoxy) is 1. The number of fused-ring (bicyclic) bond motifs is 3. The van der Waals surface area contributed by atoms with E-state index in [4.69, 9.17) is 9.84 Å². The first-order chi connectivity index (χ1) is 16.5. The summed E-state index contributed by atoms with van der Waals surface area (Å²) < 4.78 is 5.58. The zero-order valence-electron chi connectivity index (χ0n) is 18.6. The number of hydrogen-bond donors (Lipinski definition) is 4. The van der Waals surface area contributed by atoms with Crippen LogP contribution in [0.2, 0.25) is 0 Å².